The fourth-order valence-electron chi connectivity index (χ4n) is 2.00. The van der Waals surface area contributed by atoms with Crippen molar-refractivity contribution in [3.8, 4) is 5.75 Å². The van der Waals surface area contributed by atoms with Gasteiger partial charge in [0.25, 0.3) is 0 Å². The van der Waals surface area contributed by atoms with Crippen molar-refractivity contribution in [2.45, 2.75) is 13.0 Å². The van der Waals surface area contributed by atoms with E-state index in [1.807, 2.05) is 13.0 Å². The summed E-state index contributed by atoms with van der Waals surface area (Å²) >= 11 is 0. The summed E-state index contributed by atoms with van der Waals surface area (Å²) in [5, 5.41) is 3.30. The van der Waals surface area contributed by atoms with Gasteiger partial charge in [0.1, 0.15) is 11.6 Å². The van der Waals surface area contributed by atoms with Gasteiger partial charge in [0.15, 0.2) is 0 Å². The van der Waals surface area contributed by atoms with Crippen LogP contribution in [0.3, 0.4) is 0 Å². The van der Waals surface area contributed by atoms with E-state index in [-0.39, 0.29) is 11.9 Å². The van der Waals surface area contributed by atoms with Crippen LogP contribution < -0.4 is 10.1 Å². The third-order valence-corrected chi connectivity index (χ3v) is 2.81. The van der Waals surface area contributed by atoms with Gasteiger partial charge in [-0.05, 0) is 24.2 Å². The van der Waals surface area contributed by atoms with Gasteiger partial charge in [0, 0.05) is 18.0 Å². The molecule has 1 unspecified atom stereocenters. The van der Waals surface area contributed by atoms with Crippen LogP contribution in [0.4, 0.5) is 4.39 Å². The molecule has 0 saturated heterocycles. The second kappa shape index (κ2) is 6.24. The van der Waals surface area contributed by atoms with E-state index in [1.54, 1.807) is 25.7 Å². The molecule has 0 spiro atoms. The number of nitrogens with zero attached hydrogens (tertiary/aromatic N) is 2. The van der Waals surface area contributed by atoms with Gasteiger partial charge in [-0.2, -0.15) is 0 Å². The van der Waals surface area contributed by atoms with Crippen molar-refractivity contribution in [3.63, 3.8) is 0 Å². The van der Waals surface area contributed by atoms with Crippen LogP contribution in [-0.4, -0.2) is 23.6 Å². The largest absolute Gasteiger partial charge is 0.495 e. The van der Waals surface area contributed by atoms with Crippen LogP contribution in [0, 0.1) is 5.82 Å². The Hall–Kier alpha value is -2.01. The molecule has 2 aromatic rings. The van der Waals surface area contributed by atoms with Crippen molar-refractivity contribution in [1.29, 1.82) is 0 Å². The lowest BCUT2D eigenvalue weighted by Gasteiger charge is -2.20. The summed E-state index contributed by atoms with van der Waals surface area (Å²) in [5.74, 6) is 0.311. The summed E-state index contributed by atoms with van der Waals surface area (Å²) in [6.07, 6.45) is 6.17. The van der Waals surface area contributed by atoms with E-state index in [2.05, 4.69) is 15.3 Å². The molecule has 0 radical (unpaired) electrons. The third-order valence-electron chi connectivity index (χ3n) is 2.81. The molecule has 0 aliphatic rings. The third kappa shape index (κ3) is 3.06. The summed E-state index contributed by atoms with van der Waals surface area (Å²) in [7, 11) is 1.59. The molecule has 0 aromatic carbocycles. The van der Waals surface area contributed by atoms with E-state index < -0.39 is 0 Å². The molecule has 2 aromatic heterocycles. The van der Waals surface area contributed by atoms with Gasteiger partial charge in [-0.1, -0.05) is 6.92 Å². The minimum Gasteiger partial charge on any atom is -0.495 e. The topological polar surface area (TPSA) is 47.0 Å². The number of aromatic nitrogens is 2. The van der Waals surface area contributed by atoms with E-state index in [0.717, 1.165) is 17.7 Å². The lowest BCUT2D eigenvalue weighted by atomic mass is 10.0. The Morgan fingerprint density at radius 1 is 1.32 bits per heavy atom. The van der Waals surface area contributed by atoms with Crippen LogP contribution in [0.2, 0.25) is 0 Å². The number of halogens is 1. The molecule has 0 bridgehead atoms. The number of methoxy groups -OCH3 is 1. The first kappa shape index (κ1) is 13.4. The van der Waals surface area contributed by atoms with Gasteiger partial charge in [-0.25, -0.2) is 4.39 Å². The Balaban J connectivity index is 2.45. The highest BCUT2D eigenvalue weighted by Gasteiger charge is 2.18. The van der Waals surface area contributed by atoms with Crippen LogP contribution in [0.1, 0.15) is 24.1 Å². The second-order valence-electron chi connectivity index (χ2n) is 4.04. The van der Waals surface area contributed by atoms with Gasteiger partial charge < -0.3 is 10.1 Å². The molecule has 4 nitrogen and oxygen atoms in total. The fourth-order valence-corrected chi connectivity index (χ4v) is 2.00. The van der Waals surface area contributed by atoms with E-state index >= 15 is 0 Å². The molecule has 2 heterocycles. The Morgan fingerprint density at radius 3 is 2.84 bits per heavy atom. The number of rotatable bonds is 5. The molecular weight excluding hydrogens is 245 g/mol. The number of pyridine rings is 2. The monoisotopic (exact) mass is 261 g/mol. The zero-order valence-corrected chi connectivity index (χ0v) is 10.9. The number of nitrogens with one attached hydrogen (secondary N) is 1. The van der Waals surface area contributed by atoms with Gasteiger partial charge in [-0.15, -0.1) is 0 Å². The normalized spacial score (nSPS) is 12.2. The molecule has 0 amide bonds. The molecule has 19 heavy (non-hydrogen) atoms. The van der Waals surface area contributed by atoms with Gasteiger partial charge >= 0.3 is 0 Å². The maximum absolute atomic E-state index is 13.3. The highest BCUT2D eigenvalue weighted by Crippen LogP contribution is 2.28. The number of hydrogen-bond acceptors (Lipinski definition) is 4. The van der Waals surface area contributed by atoms with E-state index in [4.69, 9.17) is 4.74 Å². The van der Waals surface area contributed by atoms with Crippen molar-refractivity contribution >= 4 is 0 Å². The lowest BCUT2D eigenvalue weighted by molar-refractivity contribution is 0.402. The molecule has 5 heteroatoms. The van der Waals surface area contributed by atoms with Crippen molar-refractivity contribution in [3.05, 3.63) is 53.9 Å². The van der Waals surface area contributed by atoms with E-state index in [0.29, 0.717) is 5.75 Å². The van der Waals surface area contributed by atoms with Crippen molar-refractivity contribution in [2.24, 2.45) is 0 Å². The lowest BCUT2D eigenvalue weighted by Crippen LogP contribution is -2.23. The van der Waals surface area contributed by atoms with Crippen molar-refractivity contribution in [1.82, 2.24) is 15.3 Å². The minimum absolute atomic E-state index is 0.175. The Bertz CT molecular complexity index is 548. The fraction of sp³-hybridized carbons (Fsp3) is 0.286. The smallest absolute Gasteiger partial charge is 0.142 e. The van der Waals surface area contributed by atoms with Crippen LogP contribution in [0.15, 0.2) is 36.9 Å². The molecule has 2 rings (SSSR count). The molecule has 0 aliphatic heterocycles. The Kier molecular flexibility index (Phi) is 4.41. The van der Waals surface area contributed by atoms with E-state index in [1.165, 1.54) is 12.3 Å². The highest BCUT2D eigenvalue weighted by atomic mass is 19.1. The first-order chi connectivity index (χ1) is 9.26. The Labute approximate surface area is 111 Å². The molecule has 1 N–H and O–H groups in total. The number of hydrogen-bond donors (Lipinski definition) is 1. The van der Waals surface area contributed by atoms with Gasteiger partial charge in [0.05, 0.1) is 25.5 Å². The van der Waals surface area contributed by atoms with Crippen LogP contribution >= 0.6 is 0 Å². The quantitative estimate of drug-likeness (QED) is 0.897. The highest BCUT2D eigenvalue weighted by molar-refractivity contribution is 5.39. The maximum atomic E-state index is 13.3. The first-order valence-electron chi connectivity index (χ1n) is 6.08. The van der Waals surface area contributed by atoms with Gasteiger partial charge in [-0.3, -0.25) is 9.97 Å². The van der Waals surface area contributed by atoms with Crippen LogP contribution in [0.25, 0.3) is 0 Å². The summed E-state index contributed by atoms with van der Waals surface area (Å²) in [5.41, 5.74) is 1.66. The summed E-state index contributed by atoms with van der Waals surface area (Å²) in [4.78, 5) is 7.92. The average molecular weight is 261 g/mol. The minimum atomic E-state index is -0.353. The molecule has 0 aliphatic carbocycles. The maximum Gasteiger partial charge on any atom is 0.142 e. The predicted octanol–water partition coefficient (Wildman–Crippen LogP) is 2.32. The molecule has 0 saturated carbocycles. The standard InChI is InChI=1S/C14H16FN3O/c1-3-18-14(10-6-11(15)8-17-7-10)12-4-5-16-9-13(12)19-2/h4-9,14,18H,3H2,1-2H3. The molecule has 100 valence electrons. The zero-order valence-electron chi connectivity index (χ0n) is 10.9. The average Bonchev–Trinajstić information content (AvgIpc) is 2.45. The number of ether oxygens (including phenoxy) is 1. The first-order valence-corrected chi connectivity index (χ1v) is 6.08. The summed E-state index contributed by atoms with van der Waals surface area (Å²) in [6.45, 7) is 2.74. The summed E-state index contributed by atoms with van der Waals surface area (Å²) < 4.78 is 18.6. The molecular formula is C14H16FN3O. The molecule has 0 fully saturated rings. The Morgan fingerprint density at radius 2 is 2.16 bits per heavy atom. The van der Waals surface area contributed by atoms with Crippen LogP contribution in [-0.2, 0) is 0 Å². The molecule has 1 atom stereocenters. The SMILES string of the molecule is CCNC(c1cncc(F)c1)c1ccncc1OC. The van der Waals surface area contributed by atoms with Crippen molar-refractivity contribution < 1.29 is 9.13 Å². The second-order valence-corrected chi connectivity index (χ2v) is 4.04. The predicted molar refractivity (Wildman–Crippen MR) is 70.5 cm³/mol. The summed E-state index contributed by atoms with van der Waals surface area (Å²) in [6, 6.07) is 3.16. The van der Waals surface area contributed by atoms with Crippen LogP contribution in [0.5, 0.6) is 5.75 Å². The van der Waals surface area contributed by atoms with Gasteiger partial charge in [0.2, 0.25) is 0 Å². The van der Waals surface area contributed by atoms with E-state index in [9.17, 15) is 4.39 Å². The van der Waals surface area contributed by atoms with Crippen molar-refractivity contribution in [2.75, 3.05) is 13.7 Å². The zero-order chi connectivity index (χ0) is 13.7.